The standard InChI is InChI=1S/C8H15NO/c1-7-4-8(5-7,6-7)9-2-3-10/h9-10H,2-6H2,1H3. The molecule has 0 radical (unpaired) electrons. The van der Waals surface area contributed by atoms with Crippen LogP contribution in [-0.2, 0) is 0 Å². The van der Waals surface area contributed by atoms with E-state index in [0.29, 0.717) is 11.0 Å². The predicted octanol–water partition coefficient (Wildman–Crippen LogP) is 0.511. The van der Waals surface area contributed by atoms with Gasteiger partial charge in [-0.2, -0.15) is 0 Å². The summed E-state index contributed by atoms with van der Waals surface area (Å²) in [4.78, 5) is 0. The van der Waals surface area contributed by atoms with Gasteiger partial charge in [0.25, 0.3) is 0 Å². The second-order valence-corrected chi connectivity index (χ2v) is 4.27. The van der Waals surface area contributed by atoms with Crippen LogP contribution in [0.25, 0.3) is 0 Å². The fourth-order valence-corrected chi connectivity index (χ4v) is 2.80. The number of hydrogen-bond acceptors (Lipinski definition) is 2. The maximum Gasteiger partial charge on any atom is 0.0556 e. The average molecular weight is 141 g/mol. The van der Waals surface area contributed by atoms with Crippen molar-refractivity contribution in [3.63, 3.8) is 0 Å². The molecule has 2 N–H and O–H groups in total. The Morgan fingerprint density at radius 2 is 2.00 bits per heavy atom. The molecule has 2 heteroatoms. The van der Waals surface area contributed by atoms with Gasteiger partial charge in [-0.3, -0.25) is 0 Å². The van der Waals surface area contributed by atoms with E-state index in [1.54, 1.807) is 0 Å². The van der Waals surface area contributed by atoms with Crippen LogP contribution in [-0.4, -0.2) is 23.8 Å². The van der Waals surface area contributed by atoms with Crippen LogP contribution in [0.4, 0.5) is 0 Å². The smallest absolute Gasteiger partial charge is 0.0556 e. The van der Waals surface area contributed by atoms with E-state index >= 15 is 0 Å². The Bertz CT molecular complexity index is 136. The third kappa shape index (κ3) is 0.722. The third-order valence-electron chi connectivity index (χ3n) is 2.91. The molecule has 0 unspecified atom stereocenters. The molecule has 0 aromatic rings. The fraction of sp³-hybridized carbons (Fsp3) is 1.00. The van der Waals surface area contributed by atoms with Crippen LogP contribution < -0.4 is 5.32 Å². The van der Waals surface area contributed by atoms with Gasteiger partial charge < -0.3 is 10.4 Å². The summed E-state index contributed by atoms with van der Waals surface area (Å²) in [6, 6.07) is 0. The fourth-order valence-electron chi connectivity index (χ4n) is 2.80. The van der Waals surface area contributed by atoms with Crippen molar-refractivity contribution in [3.8, 4) is 0 Å². The van der Waals surface area contributed by atoms with E-state index in [9.17, 15) is 0 Å². The van der Waals surface area contributed by atoms with Gasteiger partial charge in [-0.15, -0.1) is 0 Å². The van der Waals surface area contributed by atoms with Crippen LogP contribution in [0, 0.1) is 5.41 Å². The van der Waals surface area contributed by atoms with E-state index in [1.807, 2.05) is 0 Å². The highest BCUT2D eigenvalue weighted by atomic mass is 16.3. The monoisotopic (exact) mass is 141 g/mol. The van der Waals surface area contributed by atoms with Crippen LogP contribution in [0.5, 0.6) is 0 Å². The Morgan fingerprint density at radius 3 is 2.40 bits per heavy atom. The molecule has 3 saturated carbocycles. The van der Waals surface area contributed by atoms with Crippen molar-refractivity contribution >= 4 is 0 Å². The molecule has 3 aliphatic carbocycles. The molecule has 3 rings (SSSR count). The first kappa shape index (κ1) is 6.62. The maximum atomic E-state index is 8.57. The molecule has 0 atom stereocenters. The van der Waals surface area contributed by atoms with Crippen LogP contribution in [0.1, 0.15) is 26.2 Å². The highest BCUT2D eigenvalue weighted by Gasteiger charge is 2.64. The first-order valence-corrected chi connectivity index (χ1v) is 4.04. The highest BCUT2D eigenvalue weighted by molar-refractivity contribution is 5.20. The maximum absolute atomic E-state index is 8.57. The summed E-state index contributed by atoms with van der Waals surface area (Å²) in [6.45, 7) is 3.39. The second-order valence-electron chi connectivity index (χ2n) is 4.27. The van der Waals surface area contributed by atoms with Gasteiger partial charge in [0.05, 0.1) is 6.61 Å². The minimum Gasteiger partial charge on any atom is -0.395 e. The van der Waals surface area contributed by atoms with Crippen LogP contribution in [0.3, 0.4) is 0 Å². The van der Waals surface area contributed by atoms with E-state index in [0.717, 1.165) is 6.54 Å². The molecule has 2 bridgehead atoms. The molecular formula is C8H15NO. The van der Waals surface area contributed by atoms with Crippen LogP contribution in [0.15, 0.2) is 0 Å². The highest BCUT2D eigenvalue weighted by Crippen LogP contribution is 2.66. The lowest BCUT2D eigenvalue weighted by Crippen LogP contribution is -2.72. The molecule has 0 saturated heterocycles. The second kappa shape index (κ2) is 1.74. The summed E-state index contributed by atoms with van der Waals surface area (Å²) in [6.07, 6.45) is 4.00. The quantitative estimate of drug-likeness (QED) is 0.600. The van der Waals surface area contributed by atoms with Gasteiger partial charge in [0.15, 0.2) is 0 Å². The minimum absolute atomic E-state index is 0.276. The number of β-amino-alcohol motifs (C(OH)–C–C–N with tert-alkyl or cyclic N) is 1. The van der Waals surface area contributed by atoms with Crippen LogP contribution in [0.2, 0.25) is 0 Å². The van der Waals surface area contributed by atoms with Crippen LogP contribution >= 0.6 is 0 Å². The lowest BCUT2D eigenvalue weighted by molar-refractivity contribution is -0.140. The molecule has 0 heterocycles. The normalized spacial score (nSPS) is 49.8. The largest absolute Gasteiger partial charge is 0.395 e. The third-order valence-corrected chi connectivity index (χ3v) is 2.91. The van der Waals surface area contributed by atoms with Crippen molar-refractivity contribution in [2.45, 2.75) is 31.7 Å². The summed E-state index contributed by atoms with van der Waals surface area (Å²) >= 11 is 0. The molecule has 3 aliphatic rings. The van der Waals surface area contributed by atoms with Crippen molar-refractivity contribution in [3.05, 3.63) is 0 Å². The summed E-state index contributed by atoms with van der Waals surface area (Å²) in [5.74, 6) is 0. The Kier molecular flexibility index (Phi) is 1.15. The Balaban J connectivity index is 1.77. The SMILES string of the molecule is CC12CC(NCCO)(C1)C2. The molecule has 0 spiro atoms. The van der Waals surface area contributed by atoms with Gasteiger partial charge in [0.2, 0.25) is 0 Å². The van der Waals surface area contributed by atoms with Crippen molar-refractivity contribution in [1.82, 2.24) is 5.32 Å². The Morgan fingerprint density at radius 1 is 1.40 bits per heavy atom. The minimum atomic E-state index is 0.276. The number of nitrogens with one attached hydrogen (secondary N) is 1. The molecule has 10 heavy (non-hydrogen) atoms. The Labute approximate surface area is 61.6 Å². The predicted molar refractivity (Wildman–Crippen MR) is 39.8 cm³/mol. The summed E-state index contributed by atoms with van der Waals surface area (Å²) in [5, 5.41) is 12.0. The lowest BCUT2D eigenvalue weighted by Gasteiger charge is -2.70. The molecular weight excluding hydrogens is 126 g/mol. The molecule has 0 aliphatic heterocycles. The lowest BCUT2D eigenvalue weighted by atomic mass is 9.40. The van der Waals surface area contributed by atoms with Crippen molar-refractivity contribution < 1.29 is 5.11 Å². The van der Waals surface area contributed by atoms with Gasteiger partial charge in [0, 0.05) is 12.1 Å². The van der Waals surface area contributed by atoms with E-state index < -0.39 is 0 Å². The van der Waals surface area contributed by atoms with E-state index in [-0.39, 0.29) is 6.61 Å². The number of aliphatic hydroxyl groups excluding tert-OH is 1. The molecule has 2 nitrogen and oxygen atoms in total. The summed E-state index contributed by atoms with van der Waals surface area (Å²) in [5.41, 5.74) is 1.15. The topological polar surface area (TPSA) is 32.3 Å². The zero-order valence-corrected chi connectivity index (χ0v) is 6.48. The van der Waals surface area contributed by atoms with Gasteiger partial charge in [-0.05, 0) is 24.7 Å². The Hall–Kier alpha value is -0.0800. The van der Waals surface area contributed by atoms with Crippen molar-refractivity contribution in [2.24, 2.45) is 5.41 Å². The number of hydrogen-bond donors (Lipinski definition) is 2. The van der Waals surface area contributed by atoms with Crippen molar-refractivity contribution in [1.29, 1.82) is 0 Å². The first-order chi connectivity index (χ1) is 4.68. The van der Waals surface area contributed by atoms with Crippen molar-refractivity contribution in [2.75, 3.05) is 13.2 Å². The van der Waals surface area contributed by atoms with Gasteiger partial charge in [-0.1, -0.05) is 6.92 Å². The number of rotatable bonds is 3. The number of aliphatic hydroxyl groups is 1. The van der Waals surface area contributed by atoms with Gasteiger partial charge >= 0.3 is 0 Å². The molecule has 58 valence electrons. The van der Waals surface area contributed by atoms with E-state index in [1.165, 1.54) is 19.3 Å². The average Bonchev–Trinajstić information content (AvgIpc) is 1.75. The van der Waals surface area contributed by atoms with Gasteiger partial charge in [0.1, 0.15) is 0 Å². The van der Waals surface area contributed by atoms with E-state index in [2.05, 4.69) is 12.2 Å². The zero-order chi connectivity index (χ0) is 7.24. The summed E-state index contributed by atoms with van der Waals surface area (Å²) < 4.78 is 0. The molecule has 3 fully saturated rings. The molecule has 0 aromatic carbocycles. The summed E-state index contributed by atoms with van der Waals surface area (Å²) in [7, 11) is 0. The molecule has 0 aromatic heterocycles. The molecule has 0 amide bonds. The zero-order valence-electron chi connectivity index (χ0n) is 6.48. The van der Waals surface area contributed by atoms with E-state index in [4.69, 9.17) is 5.11 Å². The first-order valence-electron chi connectivity index (χ1n) is 4.04. The van der Waals surface area contributed by atoms with Gasteiger partial charge in [-0.25, -0.2) is 0 Å².